The summed E-state index contributed by atoms with van der Waals surface area (Å²) in [7, 11) is 0. The minimum Gasteiger partial charge on any atom is -0.493 e. The van der Waals surface area contributed by atoms with Gasteiger partial charge in [0.05, 0.1) is 10.8 Å². The van der Waals surface area contributed by atoms with Crippen LogP contribution in [0.3, 0.4) is 0 Å². The minimum absolute atomic E-state index is 0.692. The highest BCUT2D eigenvalue weighted by Crippen LogP contribution is 2.23. The summed E-state index contributed by atoms with van der Waals surface area (Å²) in [6.07, 6.45) is 0.925. The largest absolute Gasteiger partial charge is 0.493 e. The Kier molecular flexibility index (Phi) is 5.58. The third kappa shape index (κ3) is 4.37. The number of nitrogens with two attached hydrogens (primary N) is 1. The normalized spacial score (nSPS) is 10.5. The molecule has 4 heteroatoms. The molecule has 0 radical (unpaired) electrons. The standard InChI is InChI=1S/C14H17NOS2/c15-8-7-12-3-5-13(6-4-12)16-9-11-18-14-2-1-10-17-14/h1-6,10H,7-9,11,15H2. The van der Waals surface area contributed by atoms with Crippen molar-refractivity contribution < 1.29 is 4.74 Å². The zero-order valence-electron chi connectivity index (χ0n) is 10.2. The summed E-state index contributed by atoms with van der Waals surface area (Å²) in [5.41, 5.74) is 6.77. The second-order valence-corrected chi connectivity index (χ2v) is 6.15. The van der Waals surface area contributed by atoms with Gasteiger partial charge in [0.15, 0.2) is 0 Å². The smallest absolute Gasteiger partial charge is 0.119 e. The van der Waals surface area contributed by atoms with Crippen LogP contribution in [0.15, 0.2) is 46.0 Å². The van der Waals surface area contributed by atoms with E-state index in [9.17, 15) is 0 Å². The number of hydrogen-bond acceptors (Lipinski definition) is 4. The second kappa shape index (κ2) is 7.46. The average Bonchev–Trinajstić information content (AvgIpc) is 2.90. The Labute approximate surface area is 116 Å². The Morgan fingerprint density at radius 1 is 1.17 bits per heavy atom. The molecule has 18 heavy (non-hydrogen) atoms. The highest BCUT2D eigenvalue weighted by Gasteiger charge is 1.97. The molecular formula is C14H17NOS2. The van der Waals surface area contributed by atoms with Gasteiger partial charge >= 0.3 is 0 Å². The first-order valence-electron chi connectivity index (χ1n) is 5.96. The van der Waals surface area contributed by atoms with E-state index in [-0.39, 0.29) is 0 Å². The van der Waals surface area contributed by atoms with Crippen LogP contribution in [0.4, 0.5) is 0 Å². The van der Waals surface area contributed by atoms with Gasteiger partial charge in [-0.1, -0.05) is 18.2 Å². The van der Waals surface area contributed by atoms with E-state index >= 15 is 0 Å². The predicted octanol–water partition coefficient (Wildman–Crippen LogP) is 3.42. The summed E-state index contributed by atoms with van der Waals surface area (Å²) in [5, 5.41) is 2.10. The van der Waals surface area contributed by atoms with Crippen LogP contribution in [-0.2, 0) is 6.42 Å². The molecule has 2 N–H and O–H groups in total. The lowest BCUT2D eigenvalue weighted by Gasteiger charge is -2.06. The molecule has 0 atom stereocenters. The van der Waals surface area contributed by atoms with Crippen LogP contribution in [0.25, 0.3) is 0 Å². The third-order valence-corrected chi connectivity index (χ3v) is 4.54. The number of benzene rings is 1. The molecule has 0 aliphatic carbocycles. The average molecular weight is 279 g/mol. The van der Waals surface area contributed by atoms with Crippen molar-refractivity contribution in [1.29, 1.82) is 0 Å². The van der Waals surface area contributed by atoms with Crippen LogP contribution in [0.2, 0.25) is 0 Å². The van der Waals surface area contributed by atoms with Crippen molar-refractivity contribution in [2.45, 2.75) is 10.6 Å². The third-order valence-electron chi connectivity index (χ3n) is 2.45. The van der Waals surface area contributed by atoms with E-state index in [4.69, 9.17) is 10.5 Å². The summed E-state index contributed by atoms with van der Waals surface area (Å²) in [6.45, 7) is 1.43. The van der Waals surface area contributed by atoms with E-state index in [0.29, 0.717) is 6.54 Å². The molecule has 0 amide bonds. The van der Waals surface area contributed by atoms with Gasteiger partial charge in [0.25, 0.3) is 0 Å². The Balaban J connectivity index is 1.69. The Hall–Kier alpha value is -0.970. The van der Waals surface area contributed by atoms with E-state index in [0.717, 1.165) is 24.5 Å². The number of ether oxygens (including phenoxy) is 1. The van der Waals surface area contributed by atoms with Crippen molar-refractivity contribution in [1.82, 2.24) is 0 Å². The predicted molar refractivity (Wildman–Crippen MR) is 79.7 cm³/mol. The van der Waals surface area contributed by atoms with Gasteiger partial charge < -0.3 is 10.5 Å². The van der Waals surface area contributed by atoms with Gasteiger partial charge in [0.2, 0.25) is 0 Å². The molecule has 1 aromatic carbocycles. The minimum atomic E-state index is 0.692. The molecule has 2 aromatic rings. The zero-order chi connectivity index (χ0) is 12.6. The molecule has 0 saturated carbocycles. The zero-order valence-corrected chi connectivity index (χ0v) is 11.8. The van der Waals surface area contributed by atoms with E-state index in [1.165, 1.54) is 9.77 Å². The van der Waals surface area contributed by atoms with Crippen molar-refractivity contribution in [3.05, 3.63) is 47.3 Å². The molecule has 0 aliphatic rings. The van der Waals surface area contributed by atoms with E-state index in [1.807, 2.05) is 23.9 Å². The molecule has 0 saturated heterocycles. The fraction of sp³-hybridized carbons (Fsp3) is 0.286. The number of thioether (sulfide) groups is 1. The fourth-order valence-electron chi connectivity index (χ4n) is 1.57. The quantitative estimate of drug-likeness (QED) is 0.623. The Bertz CT molecular complexity index is 439. The first-order chi connectivity index (χ1) is 8.88. The molecule has 0 spiro atoms. The summed E-state index contributed by atoms with van der Waals surface area (Å²) >= 11 is 3.61. The first-order valence-corrected chi connectivity index (χ1v) is 7.83. The van der Waals surface area contributed by atoms with E-state index in [1.54, 1.807) is 11.3 Å². The Morgan fingerprint density at radius 2 is 2.00 bits per heavy atom. The van der Waals surface area contributed by atoms with Gasteiger partial charge in [0, 0.05) is 5.75 Å². The van der Waals surface area contributed by atoms with Crippen LogP contribution < -0.4 is 10.5 Å². The van der Waals surface area contributed by atoms with Crippen molar-refractivity contribution in [3.63, 3.8) is 0 Å². The van der Waals surface area contributed by atoms with Gasteiger partial charge in [-0.2, -0.15) is 0 Å². The van der Waals surface area contributed by atoms with Crippen molar-refractivity contribution >= 4 is 23.1 Å². The number of rotatable bonds is 7. The fourth-order valence-corrected chi connectivity index (χ4v) is 3.25. The maximum Gasteiger partial charge on any atom is 0.119 e. The summed E-state index contributed by atoms with van der Waals surface area (Å²) in [6, 6.07) is 12.4. The molecule has 0 fully saturated rings. The summed E-state index contributed by atoms with van der Waals surface area (Å²) in [5.74, 6) is 1.91. The van der Waals surface area contributed by atoms with Gasteiger partial charge in [0.1, 0.15) is 5.75 Å². The van der Waals surface area contributed by atoms with Crippen LogP contribution >= 0.6 is 23.1 Å². The molecule has 1 heterocycles. The summed E-state index contributed by atoms with van der Waals surface area (Å²) < 4.78 is 7.03. The lowest BCUT2D eigenvalue weighted by atomic mass is 10.1. The highest BCUT2D eigenvalue weighted by atomic mass is 32.2. The molecule has 0 aliphatic heterocycles. The van der Waals surface area contributed by atoms with Gasteiger partial charge in [-0.05, 0) is 42.1 Å². The maximum atomic E-state index is 5.69. The Morgan fingerprint density at radius 3 is 2.67 bits per heavy atom. The molecule has 96 valence electrons. The lowest BCUT2D eigenvalue weighted by molar-refractivity contribution is 0.344. The van der Waals surface area contributed by atoms with Crippen LogP contribution in [0.5, 0.6) is 5.75 Å². The highest BCUT2D eigenvalue weighted by molar-refractivity contribution is 8.01. The first kappa shape index (κ1) is 13.5. The molecule has 0 bridgehead atoms. The molecule has 2 nitrogen and oxygen atoms in total. The van der Waals surface area contributed by atoms with Crippen molar-refractivity contribution in [3.8, 4) is 5.75 Å². The van der Waals surface area contributed by atoms with Gasteiger partial charge in [-0.3, -0.25) is 0 Å². The van der Waals surface area contributed by atoms with Crippen molar-refractivity contribution in [2.24, 2.45) is 5.73 Å². The maximum absolute atomic E-state index is 5.69. The topological polar surface area (TPSA) is 35.2 Å². The van der Waals surface area contributed by atoms with Gasteiger partial charge in [-0.25, -0.2) is 0 Å². The number of thiophene rings is 1. The molecular weight excluding hydrogens is 262 g/mol. The number of hydrogen-bond donors (Lipinski definition) is 1. The summed E-state index contributed by atoms with van der Waals surface area (Å²) in [4.78, 5) is 0. The van der Waals surface area contributed by atoms with Crippen LogP contribution in [-0.4, -0.2) is 18.9 Å². The molecule has 2 rings (SSSR count). The lowest BCUT2D eigenvalue weighted by Crippen LogP contribution is -2.03. The van der Waals surface area contributed by atoms with E-state index < -0.39 is 0 Å². The second-order valence-electron chi connectivity index (χ2n) is 3.81. The molecule has 0 unspecified atom stereocenters. The monoisotopic (exact) mass is 279 g/mol. The van der Waals surface area contributed by atoms with Gasteiger partial charge in [-0.15, -0.1) is 23.1 Å². The van der Waals surface area contributed by atoms with Crippen LogP contribution in [0.1, 0.15) is 5.56 Å². The molecule has 1 aromatic heterocycles. The SMILES string of the molecule is NCCc1ccc(OCCSc2cccs2)cc1. The van der Waals surface area contributed by atoms with E-state index in [2.05, 4.69) is 29.6 Å². The van der Waals surface area contributed by atoms with Crippen molar-refractivity contribution in [2.75, 3.05) is 18.9 Å². The van der Waals surface area contributed by atoms with Crippen LogP contribution in [0, 0.1) is 0 Å².